The van der Waals surface area contributed by atoms with Crippen LogP contribution < -0.4 is 0 Å². The molecule has 0 aliphatic carbocycles. The topological polar surface area (TPSA) is 38.8 Å². The molecule has 0 radical (unpaired) electrons. The number of esters is 1. The highest BCUT2D eigenvalue weighted by Gasteiger charge is 2.26. The fourth-order valence-electron chi connectivity index (χ4n) is 1.71. The van der Waals surface area contributed by atoms with E-state index in [1.807, 2.05) is 20.8 Å². The van der Waals surface area contributed by atoms with Crippen LogP contribution in [0.3, 0.4) is 0 Å². The molecule has 15 heavy (non-hydrogen) atoms. The second kappa shape index (κ2) is 5.47. The summed E-state index contributed by atoms with van der Waals surface area (Å²) in [6.07, 6.45) is 0.437. The van der Waals surface area contributed by atoms with Crippen LogP contribution in [-0.4, -0.2) is 49.3 Å². The summed E-state index contributed by atoms with van der Waals surface area (Å²) in [5, 5.41) is 0. The van der Waals surface area contributed by atoms with Gasteiger partial charge in [-0.05, 0) is 13.8 Å². The molecule has 0 spiro atoms. The van der Waals surface area contributed by atoms with Crippen molar-refractivity contribution in [3.63, 3.8) is 0 Å². The fourth-order valence-corrected chi connectivity index (χ4v) is 1.71. The first-order valence-electron chi connectivity index (χ1n) is 5.55. The summed E-state index contributed by atoms with van der Waals surface area (Å²) < 4.78 is 10.6. The number of nitrogens with zero attached hydrogens (tertiary/aromatic N) is 1. The van der Waals surface area contributed by atoms with Crippen LogP contribution in [0.25, 0.3) is 0 Å². The summed E-state index contributed by atoms with van der Waals surface area (Å²) in [7, 11) is 0. The quantitative estimate of drug-likeness (QED) is 0.657. The molecule has 1 aliphatic rings. The molecule has 1 aliphatic heterocycles. The largest absolute Gasteiger partial charge is 0.458 e. The number of hydrogen-bond acceptors (Lipinski definition) is 4. The van der Waals surface area contributed by atoms with Gasteiger partial charge >= 0.3 is 5.97 Å². The van der Waals surface area contributed by atoms with Crippen molar-refractivity contribution in [2.45, 2.75) is 32.8 Å². The van der Waals surface area contributed by atoms with Crippen LogP contribution in [0.15, 0.2) is 0 Å². The standard InChI is InChI=1S/C11H21NO3/c1-4-10(13)15-11(2,3)9-12-5-7-14-8-6-12/h4-9H2,1-3H3. The van der Waals surface area contributed by atoms with Crippen LogP contribution in [0.1, 0.15) is 27.2 Å². The molecular weight excluding hydrogens is 194 g/mol. The zero-order valence-electron chi connectivity index (χ0n) is 9.91. The molecule has 0 atom stereocenters. The van der Waals surface area contributed by atoms with Gasteiger partial charge in [0.05, 0.1) is 13.2 Å². The van der Waals surface area contributed by atoms with E-state index in [1.165, 1.54) is 0 Å². The van der Waals surface area contributed by atoms with E-state index in [9.17, 15) is 4.79 Å². The summed E-state index contributed by atoms with van der Waals surface area (Å²) in [6, 6.07) is 0. The zero-order chi connectivity index (χ0) is 11.3. The number of morpholine rings is 1. The van der Waals surface area contributed by atoms with Crippen molar-refractivity contribution in [3.8, 4) is 0 Å². The van der Waals surface area contributed by atoms with E-state index < -0.39 is 5.60 Å². The third-order valence-electron chi connectivity index (χ3n) is 2.39. The fraction of sp³-hybridized carbons (Fsp3) is 0.909. The predicted molar refractivity (Wildman–Crippen MR) is 57.7 cm³/mol. The third-order valence-corrected chi connectivity index (χ3v) is 2.39. The smallest absolute Gasteiger partial charge is 0.306 e. The zero-order valence-corrected chi connectivity index (χ0v) is 9.91. The number of rotatable bonds is 4. The Hall–Kier alpha value is -0.610. The molecule has 1 heterocycles. The highest BCUT2D eigenvalue weighted by molar-refractivity contribution is 5.69. The normalized spacial score (nSPS) is 18.9. The summed E-state index contributed by atoms with van der Waals surface area (Å²) >= 11 is 0. The molecule has 0 unspecified atom stereocenters. The SMILES string of the molecule is CCC(=O)OC(C)(C)CN1CCOCC1. The molecule has 1 fully saturated rings. The lowest BCUT2D eigenvalue weighted by molar-refractivity contribution is -0.158. The lowest BCUT2D eigenvalue weighted by atomic mass is 10.1. The molecule has 0 aromatic carbocycles. The van der Waals surface area contributed by atoms with Crippen LogP contribution in [0.5, 0.6) is 0 Å². The molecule has 0 amide bonds. The van der Waals surface area contributed by atoms with Crippen molar-refractivity contribution in [3.05, 3.63) is 0 Å². The first kappa shape index (κ1) is 12.5. The lowest BCUT2D eigenvalue weighted by Gasteiger charge is -2.34. The molecule has 0 saturated carbocycles. The second-order valence-electron chi connectivity index (χ2n) is 4.48. The van der Waals surface area contributed by atoms with Gasteiger partial charge in [-0.25, -0.2) is 0 Å². The van der Waals surface area contributed by atoms with Gasteiger partial charge in [-0.1, -0.05) is 6.92 Å². The Morgan fingerprint density at radius 2 is 2.00 bits per heavy atom. The number of ether oxygens (including phenoxy) is 2. The molecule has 0 N–H and O–H groups in total. The van der Waals surface area contributed by atoms with E-state index in [0.29, 0.717) is 6.42 Å². The number of hydrogen-bond donors (Lipinski definition) is 0. The maximum Gasteiger partial charge on any atom is 0.306 e. The van der Waals surface area contributed by atoms with E-state index in [1.54, 1.807) is 0 Å². The van der Waals surface area contributed by atoms with Crippen molar-refractivity contribution < 1.29 is 14.3 Å². The molecule has 0 aromatic rings. The molecule has 1 rings (SSSR count). The van der Waals surface area contributed by atoms with Gasteiger partial charge in [0.15, 0.2) is 0 Å². The maximum atomic E-state index is 11.2. The van der Waals surface area contributed by atoms with E-state index in [2.05, 4.69) is 4.90 Å². The van der Waals surface area contributed by atoms with Crippen molar-refractivity contribution in [1.29, 1.82) is 0 Å². The average molecular weight is 215 g/mol. The van der Waals surface area contributed by atoms with Gasteiger partial charge in [0.25, 0.3) is 0 Å². The van der Waals surface area contributed by atoms with Crippen molar-refractivity contribution >= 4 is 5.97 Å². The van der Waals surface area contributed by atoms with E-state index in [4.69, 9.17) is 9.47 Å². The van der Waals surface area contributed by atoms with Crippen molar-refractivity contribution in [2.75, 3.05) is 32.8 Å². The second-order valence-corrected chi connectivity index (χ2v) is 4.48. The van der Waals surface area contributed by atoms with Crippen LogP contribution in [0.4, 0.5) is 0 Å². The van der Waals surface area contributed by atoms with Crippen LogP contribution in [0, 0.1) is 0 Å². The Morgan fingerprint density at radius 1 is 1.40 bits per heavy atom. The molecular formula is C11H21NO3. The average Bonchev–Trinajstić information content (AvgIpc) is 2.17. The Kier molecular flexibility index (Phi) is 4.54. The van der Waals surface area contributed by atoms with Gasteiger partial charge in [-0.3, -0.25) is 9.69 Å². The Balaban J connectivity index is 2.36. The Morgan fingerprint density at radius 3 is 2.53 bits per heavy atom. The number of carbonyl (C=O) groups excluding carboxylic acids is 1. The minimum Gasteiger partial charge on any atom is -0.458 e. The molecule has 1 saturated heterocycles. The van der Waals surface area contributed by atoms with Gasteiger partial charge in [0.2, 0.25) is 0 Å². The highest BCUT2D eigenvalue weighted by Crippen LogP contribution is 2.13. The van der Waals surface area contributed by atoms with Gasteiger partial charge in [0, 0.05) is 26.1 Å². The Labute approximate surface area is 91.5 Å². The molecule has 0 bridgehead atoms. The van der Waals surface area contributed by atoms with Gasteiger partial charge in [-0.2, -0.15) is 0 Å². The summed E-state index contributed by atoms with van der Waals surface area (Å²) in [6.45, 7) is 9.90. The Bertz CT molecular complexity index is 210. The lowest BCUT2D eigenvalue weighted by Crippen LogP contribution is -2.46. The summed E-state index contributed by atoms with van der Waals surface area (Å²) in [4.78, 5) is 13.5. The summed E-state index contributed by atoms with van der Waals surface area (Å²) in [5.41, 5.74) is -0.398. The van der Waals surface area contributed by atoms with Gasteiger partial charge in [-0.15, -0.1) is 0 Å². The van der Waals surface area contributed by atoms with Crippen LogP contribution in [0.2, 0.25) is 0 Å². The van der Waals surface area contributed by atoms with Crippen molar-refractivity contribution in [1.82, 2.24) is 4.90 Å². The third kappa shape index (κ3) is 4.62. The van der Waals surface area contributed by atoms with E-state index in [-0.39, 0.29) is 5.97 Å². The van der Waals surface area contributed by atoms with Crippen LogP contribution >= 0.6 is 0 Å². The first-order chi connectivity index (χ1) is 7.03. The van der Waals surface area contributed by atoms with E-state index in [0.717, 1.165) is 32.8 Å². The van der Waals surface area contributed by atoms with Crippen molar-refractivity contribution in [2.24, 2.45) is 0 Å². The van der Waals surface area contributed by atoms with Crippen LogP contribution in [-0.2, 0) is 14.3 Å². The maximum absolute atomic E-state index is 11.2. The minimum absolute atomic E-state index is 0.131. The molecule has 0 aromatic heterocycles. The highest BCUT2D eigenvalue weighted by atomic mass is 16.6. The van der Waals surface area contributed by atoms with Gasteiger partial charge < -0.3 is 9.47 Å². The molecule has 88 valence electrons. The van der Waals surface area contributed by atoms with E-state index >= 15 is 0 Å². The minimum atomic E-state index is -0.398. The molecule has 4 nitrogen and oxygen atoms in total. The first-order valence-corrected chi connectivity index (χ1v) is 5.55. The summed E-state index contributed by atoms with van der Waals surface area (Å²) in [5.74, 6) is -0.131. The predicted octanol–water partition coefficient (Wildman–Crippen LogP) is 1.05. The monoisotopic (exact) mass is 215 g/mol. The molecule has 4 heteroatoms. The van der Waals surface area contributed by atoms with Gasteiger partial charge in [0.1, 0.15) is 5.60 Å². The number of carbonyl (C=O) groups is 1.